The van der Waals surface area contributed by atoms with Gasteiger partial charge in [0.1, 0.15) is 5.54 Å². The van der Waals surface area contributed by atoms with Crippen molar-refractivity contribution in [1.82, 2.24) is 5.32 Å². The second-order valence-electron chi connectivity index (χ2n) is 5.65. The Kier molecular flexibility index (Phi) is 9.88. The van der Waals surface area contributed by atoms with Crippen molar-refractivity contribution in [3.05, 3.63) is 0 Å². The first kappa shape index (κ1) is 18.4. The van der Waals surface area contributed by atoms with Gasteiger partial charge in [-0.05, 0) is 45.1 Å². The van der Waals surface area contributed by atoms with Crippen LogP contribution in [0.3, 0.4) is 0 Å². The Balaban J connectivity index is 3.96. The monoisotopic (exact) mass is 273 g/mol. The molecule has 0 saturated carbocycles. The van der Waals surface area contributed by atoms with Crippen LogP contribution in [0, 0.1) is 5.92 Å². The van der Waals surface area contributed by atoms with Gasteiger partial charge in [-0.2, -0.15) is 0 Å². The number of hydrogen-bond acceptors (Lipinski definition) is 4. The molecule has 0 spiro atoms. The van der Waals surface area contributed by atoms with E-state index in [9.17, 15) is 4.79 Å². The lowest BCUT2D eigenvalue weighted by Gasteiger charge is -2.28. The van der Waals surface area contributed by atoms with E-state index in [1.54, 1.807) is 0 Å². The molecule has 0 amide bonds. The zero-order chi connectivity index (χ0) is 14.7. The van der Waals surface area contributed by atoms with E-state index in [1.807, 2.05) is 6.92 Å². The molecule has 0 radical (unpaired) electrons. The SMILES string of the molecule is CCCNC(C)(CCCOCCC(C)C)C(=O)OC. The molecule has 0 heterocycles. The molecule has 0 rings (SSSR count). The zero-order valence-corrected chi connectivity index (χ0v) is 13.3. The van der Waals surface area contributed by atoms with Crippen molar-refractivity contribution in [2.24, 2.45) is 5.92 Å². The van der Waals surface area contributed by atoms with E-state index >= 15 is 0 Å². The van der Waals surface area contributed by atoms with Crippen LogP contribution >= 0.6 is 0 Å². The fourth-order valence-electron chi connectivity index (χ4n) is 1.84. The predicted molar refractivity (Wildman–Crippen MR) is 78.2 cm³/mol. The molecule has 0 aromatic carbocycles. The fourth-order valence-corrected chi connectivity index (χ4v) is 1.84. The molecule has 0 aliphatic heterocycles. The summed E-state index contributed by atoms with van der Waals surface area (Å²) in [6, 6.07) is 0. The Labute approximate surface area is 118 Å². The number of carbonyl (C=O) groups excluding carboxylic acids is 1. The second kappa shape index (κ2) is 10.2. The quantitative estimate of drug-likeness (QED) is 0.464. The van der Waals surface area contributed by atoms with E-state index < -0.39 is 5.54 Å². The number of esters is 1. The van der Waals surface area contributed by atoms with Gasteiger partial charge in [-0.15, -0.1) is 0 Å². The van der Waals surface area contributed by atoms with Gasteiger partial charge >= 0.3 is 5.97 Å². The van der Waals surface area contributed by atoms with Gasteiger partial charge < -0.3 is 14.8 Å². The highest BCUT2D eigenvalue weighted by atomic mass is 16.5. The summed E-state index contributed by atoms with van der Waals surface area (Å²) in [6.45, 7) is 10.7. The van der Waals surface area contributed by atoms with E-state index in [0.717, 1.165) is 38.8 Å². The van der Waals surface area contributed by atoms with E-state index in [4.69, 9.17) is 9.47 Å². The van der Waals surface area contributed by atoms with E-state index in [-0.39, 0.29) is 5.97 Å². The minimum Gasteiger partial charge on any atom is -0.468 e. The third kappa shape index (κ3) is 8.22. The van der Waals surface area contributed by atoms with Crippen LogP contribution in [0.5, 0.6) is 0 Å². The smallest absolute Gasteiger partial charge is 0.325 e. The molecular formula is C15H31NO3. The molecule has 0 aliphatic carbocycles. The minimum absolute atomic E-state index is 0.192. The molecule has 4 heteroatoms. The molecule has 1 N–H and O–H groups in total. The van der Waals surface area contributed by atoms with Crippen LogP contribution in [0.15, 0.2) is 0 Å². The van der Waals surface area contributed by atoms with Gasteiger partial charge in [0, 0.05) is 13.2 Å². The summed E-state index contributed by atoms with van der Waals surface area (Å²) in [5.41, 5.74) is -0.591. The number of rotatable bonds is 11. The van der Waals surface area contributed by atoms with Crippen LogP contribution in [-0.4, -0.2) is 38.4 Å². The minimum atomic E-state index is -0.591. The number of hydrogen-bond donors (Lipinski definition) is 1. The molecule has 0 saturated heterocycles. The Morgan fingerprint density at radius 2 is 2.00 bits per heavy atom. The van der Waals surface area contributed by atoms with Crippen LogP contribution in [0.25, 0.3) is 0 Å². The highest BCUT2D eigenvalue weighted by molar-refractivity contribution is 5.80. The molecule has 0 fully saturated rings. The van der Waals surface area contributed by atoms with Gasteiger partial charge in [-0.25, -0.2) is 0 Å². The van der Waals surface area contributed by atoms with Gasteiger partial charge in [-0.3, -0.25) is 4.79 Å². The lowest BCUT2D eigenvalue weighted by Crippen LogP contribution is -2.50. The van der Waals surface area contributed by atoms with Crippen LogP contribution in [0.2, 0.25) is 0 Å². The Morgan fingerprint density at radius 1 is 1.32 bits per heavy atom. The lowest BCUT2D eigenvalue weighted by molar-refractivity contribution is -0.148. The van der Waals surface area contributed by atoms with E-state index in [2.05, 4.69) is 26.1 Å². The normalized spacial score (nSPS) is 14.4. The molecule has 114 valence electrons. The Hall–Kier alpha value is -0.610. The molecule has 1 unspecified atom stereocenters. The molecule has 0 aliphatic rings. The van der Waals surface area contributed by atoms with E-state index in [0.29, 0.717) is 12.5 Å². The van der Waals surface area contributed by atoms with Gasteiger partial charge in [0.05, 0.1) is 7.11 Å². The first-order valence-corrected chi connectivity index (χ1v) is 7.37. The molecule has 0 bridgehead atoms. The number of ether oxygens (including phenoxy) is 2. The highest BCUT2D eigenvalue weighted by Crippen LogP contribution is 2.15. The summed E-state index contributed by atoms with van der Waals surface area (Å²) in [4.78, 5) is 11.8. The number of methoxy groups -OCH3 is 1. The topological polar surface area (TPSA) is 47.6 Å². The molecule has 19 heavy (non-hydrogen) atoms. The number of carbonyl (C=O) groups is 1. The summed E-state index contributed by atoms with van der Waals surface area (Å²) < 4.78 is 10.5. The van der Waals surface area contributed by atoms with Gasteiger partial charge in [0.25, 0.3) is 0 Å². The van der Waals surface area contributed by atoms with Crippen molar-refractivity contribution < 1.29 is 14.3 Å². The first-order chi connectivity index (χ1) is 8.96. The summed E-state index contributed by atoms with van der Waals surface area (Å²) in [6.07, 6.45) is 3.68. The van der Waals surface area contributed by atoms with Crippen molar-refractivity contribution in [3.63, 3.8) is 0 Å². The summed E-state index contributed by atoms with van der Waals surface area (Å²) in [7, 11) is 1.44. The Morgan fingerprint density at radius 3 is 2.53 bits per heavy atom. The largest absolute Gasteiger partial charge is 0.468 e. The number of nitrogens with one attached hydrogen (secondary N) is 1. The van der Waals surface area contributed by atoms with Crippen LogP contribution in [0.1, 0.15) is 53.4 Å². The molecular weight excluding hydrogens is 242 g/mol. The maximum atomic E-state index is 11.8. The molecule has 0 aromatic heterocycles. The summed E-state index contributed by atoms with van der Waals surface area (Å²) in [5, 5.41) is 3.28. The van der Waals surface area contributed by atoms with Gasteiger partial charge in [-0.1, -0.05) is 20.8 Å². The molecule has 4 nitrogen and oxygen atoms in total. The third-order valence-electron chi connectivity index (χ3n) is 3.21. The lowest BCUT2D eigenvalue weighted by atomic mass is 9.96. The highest BCUT2D eigenvalue weighted by Gasteiger charge is 2.32. The standard InChI is InChI=1S/C15H31NO3/c1-6-10-16-15(4,14(17)18-5)9-7-11-19-12-8-13(2)3/h13,16H,6-12H2,1-5H3. The molecule has 0 aromatic rings. The van der Waals surface area contributed by atoms with Crippen molar-refractivity contribution >= 4 is 5.97 Å². The van der Waals surface area contributed by atoms with Crippen molar-refractivity contribution in [2.45, 2.75) is 58.9 Å². The first-order valence-electron chi connectivity index (χ1n) is 7.37. The van der Waals surface area contributed by atoms with E-state index in [1.165, 1.54) is 7.11 Å². The Bertz CT molecular complexity index is 244. The van der Waals surface area contributed by atoms with Crippen LogP contribution < -0.4 is 5.32 Å². The van der Waals surface area contributed by atoms with Gasteiger partial charge in [0.15, 0.2) is 0 Å². The predicted octanol–water partition coefficient (Wildman–Crippen LogP) is 2.76. The van der Waals surface area contributed by atoms with Crippen molar-refractivity contribution in [3.8, 4) is 0 Å². The second-order valence-corrected chi connectivity index (χ2v) is 5.65. The van der Waals surface area contributed by atoms with Crippen LogP contribution in [0.4, 0.5) is 0 Å². The summed E-state index contributed by atoms with van der Waals surface area (Å²) >= 11 is 0. The average molecular weight is 273 g/mol. The van der Waals surface area contributed by atoms with Crippen molar-refractivity contribution in [2.75, 3.05) is 26.9 Å². The molecule has 1 atom stereocenters. The average Bonchev–Trinajstić information content (AvgIpc) is 2.39. The fraction of sp³-hybridized carbons (Fsp3) is 0.933. The summed E-state index contributed by atoms with van der Waals surface area (Å²) in [5.74, 6) is 0.481. The zero-order valence-electron chi connectivity index (χ0n) is 13.3. The van der Waals surface area contributed by atoms with Crippen molar-refractivity contribution in [1.29, 1.82) is 0 Å². The third-order valence-corrected chi connectivity index (χ3v) is 3.21. The maximum Gasteiger partial charge on any atom is 0.325 e. The van der Waals surface area contributed by atoms with Crippen LogP contribution in [-0.2, 0) is 14.3 Å². The maximum absolute atomic E-state index is 11.8. The van der Waals surface area contributed by atoms with Gasteiger partial charge in [0.2, 0.25) is 0 Å².